The number of furan rings is 1. The number of benzene rings is 1. The first-order valence-electron chi connectivity index (χ1n) is 7.64. The molecule has 3 aromatic rings. The summed E-state index contributed by atoms with van der Waals surface area (Å²) in [5.74, 6) is 2.13. The van der Waals surface area contributed by atoms with Crippen molar-refractivity contribution in [3.05, 3.63) is 36.3 Å². The van der Waals surface area contributed by atoms with E-state index in [1.165, 1.54) is 6.26 Å². The monoisotopic (exact) mass is 344 g/mol. The number of ether oxygens (including phenoxy) is 2. The van der Waals surface area contributed by atoms with Crippen LogP contribution in [0.1, 0.15) is 12.7 Å². The Morgan fingerprint density at radius 3 is 2.60 bits per heavy atom. The molecule has 132 valence electrons. The standard InChI is InChI=1S/C17H20N4O4/c1-17(22,14-5-4-6-25-14)9-19-16-20-11-8-13(24-3)12(23-2)7-10(11)15(18)21-16/h4-8,22H,9H2,1-3H3,(H3,18,19,20,21). The van der Waals surface area contributed by atoms with Crippen LogP contribution < -0.4 is 20.5 Å². The Morgan fingerprint density at radius 1 is 1.24 bits per heavy atom. The lowest BCUT2D eigenvalue weighted by molar-refractivity contribution is 0.0475. The van der Waals surface area contributed by atoms with Gasteiger partial charge in [0.2, 0.25) is 5.95 Å². The third-order valence-electron chi connectivity index (χ3n) is 3.87. The average molecular weight is 344 g/mol. The van der Waals surface area contributed by atoms with E-state index in [4.69, 9.17) is 19.6 Å². The fourth-order valence-electron chi connectivity index (χ4n) is 2.48. The molecule has 2 aromatic heterocycles. The van der Waals surface area contributed by atoms with Gasteiger partial charge in [0.25, 0.3) is 0 Å². The summed E-state index contributed by atoms with van der Waals surface area (Å²) in [6.07, 6.45) is 1.51. The van der Waals surface area contributed by atoms with E-state index in [2.05, 4.69) is 15.3 Å². The van der Waals surface area contributed by atoms with Crippen molar-refractivity contribution >= 4 is 22.7 Å². The van der Waals surface area contributed by atoms with Gasteiger partial charge in [0, 0.05) is 11.5 Å². The van der Waals surface area contributed by atoms with Crippen molar-refractivity contribution in [2.24, 2.45) is 0 Å². The summed E-state index contributed by atoms with van der Waals surface area (Å²) >= 11 is 0. The quantitative estimate of drug-likeness (QED) is 0.623. The molecular formula is C17H20N4O4. The molecule has 0 fully saturated rings. The lowest BCUT2D eigenvalue weighted by Gasteiger charge is -2.21. The first kappa shape index (κ1) is 16.8. The lowest BCUT2D eigenvalue weighted by Crippen LogP contribution is -2.30. The summed E-state index contributed by atoms with van der Waals surface area (Å²) in [4.78, 5) is 8.66. The van der Waals surface area contributed by atoms with E-state index in [-0.39, 0.29) is 6.54 Å². The molecule has 8 nitrogen and oxygen atoms in total. The number of methoxy groups -OCH3 is 2. The largest absolute Gasteiger partial charge is 0.493 e. The molecule has 8 heteroatoms. The number of nitrogens with two attached hydrogens (primary N) is 1. The molecule has 0 aliphatic heterocycles. The number of nitrogens with one attached hydrogen (secondary N) is 1. The highest BCUT2D eigenvalue weighted by Gasteiger charge is 2.26. The van der Waals surface area contributed by atoms with E-state index in [1.54, 1.807) is 45.4 Å². The van der Waals surface area contributed by atoms with Crippen molar-refractivity contribution < 1.29 is 19.0 Å². The van der Waals surface area contributed by atoms with Gasteiger partial charge in [-0.3, -0.25) is 0 Å². The van der Waals surface area contributed by atoms with Gasteiger partial charge in [-0.15, -0.1) is 0 Å². The minimum atomic E-state index is -1.21. The van der Waals surface area contributed by atoms with Crippen LogP contribution in [0, 0.1) is 0 Å². The zero-order valence-corrected chi connectivity index (χ0v) is 14.2. The third kappa shape index (κ3) is 3.29. The summed E-state index contributed by atoms with van der Waals surface area (Å²) in [6, 6.07) is 6.87. The highest BCUT2D eigenvalue weighted by Crippen LogP contribution is 2.33. The zero-order chi connectivity index (χ0) is 18.0. The molecule has 25 heavy (non-hydrogen) atoms. The van der Waals surface area contributed by atoms with E-state index in [9.17, 15) is 5.11 Å². The maximum Gasteiger partial charge on any atom is 0.225 e. The highest BCUT2D eigenvalue weighted by molar-refractivity contribution is 5.91. The van der Waals surface area contributed by atoms with Gasteiger partial charge in [-0.1, -0.05) is 0 Å². The first-order chi connectivity index (χ1) is 11.9. The molecule has 0 spiro atoms. The fourth-order valence-corrected chi connectivity index (χ4v) is 2.48. The number of aromatic nitrogens is 2. The van der Waals surface area contributed by atoms with Crippen molar-refractivity contribution in [2.75, 3.05) is 31.8 Å². The number of rotatable bonds is 6. The molecule has 0 amide bonds. The Labute approximate surface area is 144 Å². The van der Waals surface area contributed by atoms with Crippen LogP contribution in [0.5, 0.6) is 11.5 Å². The molecule has 0 saturated heterocycles. The SMILES string of the molecule is COc1cc2nc(NCC(C)(O)c3ccco3)nc(N)c2cc1OC. The Morgan fingerprint density at radius 2 is 1.96 bits per heavy atom. The Kier molecular flexibility index (Phi) is 4.37. The molecule has 0 aliphatic rings. The topological polar surface area (TPSA) is 116 Å². The van der Waals surface area contributed by atoms with E-state index in [0.717, 1.165) is 0 Å². The van der Waals surface area contributed by atoms with Gasteiger partial charge in [-0.25, -0.2) is 4.98 Å². The second-order valence-electron chi connectivity index (χ2n) is 5.76. The van der Waals surface area contributed by atoms with Gasteiger partial charge in [-0.05, 0) is 25.1 Å². The molecule has 0 aliphatic carbocycles. The van der Waals surface area contributed by atoms with Gasteiger partial charge < -0.3 is 30.0 Å². The van der Waals surface area contributed by atoms with Crippen molar-refractivity contribution in [3.8, 4) is 11.5 Å². The summed E-state index contributed by atoms with van der Waals surface area (Å²) in [5, 5.41) is 14.1. The van der Waals surface area contributed by atoms with Crippen LogP contribution in [-0.2, 0) is 5.60 Å². The van der Waals surface area contributed by atoms with Crippen molar-refractivity contribution in [3.63, 3.8) is 0 Å². The third-order valence-corrected chi connectivity index (χ3v) is 3.87. The molecular weight excluding hydrogens is 324 g/mol. The molecule has 4 N–H and O–H groups in total. The minimum Gasteiger partial charge on any atom is -0.493 e. The maximum absolute atomic E-state index is 10.5. The Bertz CT molecular complexity index is 878. The van der Waals surface area contributed by atoms with Crippen LogP contribution in [0.4, 0.5) is 11.8 Å². The van der Waals surface area contributed by atoms with Gasteiger partial charge in [0.05, 0.1) is 32.5 Å². The van der Waals surface area contributed by atoms with Crippen molar-refractivity contribution in [2.45, 2.75) is 12.5 Å². The molecule has 0 radical (unpaired) electrons. The van der Waals surface area contributed by atoms with Gasteiger partial charge in [0.15, 0.2) is 11.5 Å². The number of fused-ring (bicyclic) bond motifs is 1. The van der Waals surface area contributed by atoms with Crippen LogP contribution in [0.15, 0.2) is 34.9 Å². The number of hydrogen-bond donors (Lipinski definition) is 3. The summed E-state index contributed by atoms with van der Waals surface area (Å²) in [6.45, 7) is 1.79. The Balaban J connectivity index is 1.90. The predicted molar refractivity (Wildman–Crippen MR) is 93.8 cm³/mol. The molecule has 2 heterocycles. The minimum absolute atomic E-state index is 0.152. The first-order valence-corrected chi connectivity index (χ1v) is 7.64. The smallest absolute Gasteiger partial charge is 0.225 e. The zero-order valence-electron chi connectivity index (χ0n) is 14.2. The fraction of sp³-hybridized carbons (Fsp3) is 0.294. The highest BCUT2D eigenvalue weighted by atomic mass is 16.5. The summed E-state index contributed by atoms with van der Waals surface area (Å²) in [5.41, 5.74) is 5.43. The van der Waals surface area contributed by atoms with Crippen LogP contribution in [0.25, 0.3) is 10.9 Å². The van der Waals surface area contributed by atoms with Crippen LogP contribution >= 0.6 is 0 Å². The Hall–Kier alpha value is -3.00. The van der Waals surface area contributed by atoms with E-state index in [1.807, 2.05) is 0 Å². The number of anilines is 2. The van der Waals surface area contributed by atoms with Crippen molar-refractivity contribution in [1.82, 2.24) is 9.97 Å². The van der Waals surface area contributed by atoms with Crippen LogP contribution in [0.2, 0.25) is 0 Å². The molecule has 0 bridgehead atoms. The normalized spacial score (nSPS) is 13.4. The second-order valence-corrected chi connectivity index (χ2v) is 5.76. The second kappa shape index (κ2) is 6.48. The van der Waals surface area contributed by atoms with Crippen LogP contribution in [0.3, 0.4) is 0 Å². The number of nitrogen functional groups attached to an aromatic ring is 1. The molecule has 1 atom stereocenters. The lowest BCUT2D eigenvalue weighted by atomic mass is 10.0. The maximum atomic E-state index is 10.5. The van der Waals surface area contributed by atoms with Gasteiger partial charge >= 0.3 is 0 Å². The van der Waals surface area contributed by atoms with Gasteiger partial charge in [0.1, 0.15) is 17.2 Å². The molecule has 0 saturated carbocycles. The van der Waals surface area contributed by atoms with E-state index in [0.29, 0.717) is 39.9 Å². The van der Waals surface area contributed by atoms with E-state index < -0.39 is 5.60 Å². The van der Waals surface area contributed by atoms with Crippen molar-refractivity contribution in [1.29, 1.82) is 0 Å². The number of hydrogen-bond acceptors (Lipinski definition) is 8. The number of aliphatic hydroxyl groups is 1. The molecule has 1 aromatic carbocycles. The van der Waals surface area contributed by atoms with Crippen LogP contribution in [-0.4, -0.2) is 35.8 Å². The average Bonchev–Trinajstić information content (AvgIpc) is 3.14. The van der Waals surface area contributed by atoms with E-state index >= 15 is 0 Å². The molecule has 3 rings (SSSR count). The number of nitrogens with zero attached hydrogens (tertiary/aromatic N) is 2. The summed E-state index contributed by atoms with van der Waals surface area (Å²) < 4.78 is 15.8. The molecule has 1 unspecified atom stereocenters. The summed E-state index contributed by atoms with van der Waals surface area (Å²) in [7, 11) is 3.10. The van der Waals surface area contributed by atoms with Gasteiger partial charge in [-0.2, -0.15) is 4.98 Å². The predicted octanol–water partition coefficient (Wildman–Crippen LogP) is 2.14.